The topological polar surface area (TPSA) is 51.0 Å². The molecule has 1 rings (SSSR count). The number of hydrogen-bond acceptors (Lipinski definition) is 5. The summed E-state index contributed by atoms with van der Waals surface area (Å²) in [5.41, 5.74) is 5.72. The highest BCUT2D eigenvalue weighted by Crippen LogP contribution is 2.26. The van der Waals surface area contributed by atoms with Crippen LogP contribution in [0.5, 0.6) is 0 Å². The third kappa shape index (κ3) is 2.86. The highest BCUT2D eigenvalue weighted by atomic mass is 16.7. The van der Waals surface area contributed by atoms with Crippen LogP contribution in [0.1, 0.15) is 20.8 Å². The molecular formula is C13H29N3O2. The van der Waals surface area contributed by atoms with E-state index in [1.54, 1.807) is 14.2 Å². The molecule has 1 fully saturated rings. The van der Waals surface area contributed by atoms with Crippen LogP contribution in [-0.4, -0.2) is 74.6 Å². The molecule has 0 spiro atoms. The van der Waals surface area contributed by atoms with E-state index in [4.69, 9.17) is 15.2 Å². The molecule has 0 radical (unpaired) electrons. The predicted octanol–water partition coefficient (Wildman–Crippen LogP) is 0.347. The smallest absolute Gasteiger partial charge is 0.176 e. The Balaban J connectivity index is 2.88. The van der Waals surface area contributed by atoms with Crippen LogP contribution in [0.15, 0.2) is 0 Å². The number of nitrogens with two attached hydrogens (primary N) is 1. The maximum atomic E-state index is 6.00. The monoisotopic (exact) mass is 259 g/mol. The normalized spacial score (nSPS) is 30.7. The van der Waals surface area contributed by atoms with Gasteiger partial charge in [-0.05, 0) is 27.8 Å². The summed E-state index contributed by atoms with van der Waals surface area (Å²) in [6.45, 7) is 9.09. The van der Waals surface area contributed by atoms with Gasteiger partial charge in [-0.3, -0.25) is 9.80 Å². The average Bonchev–Trinajstić information content (AvgIpc) is 2.36. The molecule has 18 heavy (non-hydrogen) atoms. The minimum Gasteiger partial charge on any atom is -0.354 e. The first kappa shape index (κ1) is 15.9. The SMILES string of the molecule is COC(OC)C(C)(CN)N1CC(C)N(C)C(C)C1. The number of ether oxygens (including phenoxy) is 2. The lowest BCUT2D eigenvalue weighted by Gasteiger charge is -2.51. The van der Waals surface area contributed by atoms with E-state index in [0.717, 1.165) is 13.1 Å². The Hall–Kier alpha value is -0.200. The van der Waals surface area contributed by atoms with E-state index < -0.39 is 0 Å². The van der Waals surface area contributed by atoms with Crippen molar-refractivity contribution in [3.8, 4) is 0 Å². The standard InChI is InChI=1S/C13H29N3O2/c1-10-7-16(8-11(2)15(10)4)13(3,9-14)12(17-5)18-6/h10-12H,7-9,14H2,1-6H3. The second-order valence-corrected chi connectivity index (χ2v) is 5.63. The average molecular weight is 259 g/mol. The first-order chi connectivity index (χ1) is 8.40. The van der Waals surface area contributed by atoms with Gasteiger partial charge in [0.25, 0.3) is 0 Å². The van der Waals surface area contributed by atoms with Crippen molar-refractivity contribution >= 4 is 0 Å². The summed E-state index contributed by atoms with van der Waals surface area (Å²) in [4.78, 5) is 4.81. The Morgan fingerprint density at radius 1 is 1.22 bits per heavy atom. The van der Waals surface area contributed by atoms with Crippen molar-refractivity contribution < 1.29 is 9.47 Å². The lowest BCUT2D eigenvalue weighted by Crippen LogP contribution is -2.67. The lowest BCUT2D eigenvalue weighted by atomic mass is 9.95. The second-order valence-electron chi connectivity index (χ2n) is 5.63. The zero-order valence-corrected chi connectivity index (χ0v) is 12.6. The van der Waals surface area contributed by atoms with Crippen molar-refractivity contribution in [1.82, 2.24) is 9.80 Å². The Morgan fingerprint density at radius 3 is 2.00 bits per heavy atom. The first-order valence-electron chi connectivity index (χ1n) is 6.63. The van der Waals surface area contributed by atoms with E-state index in [1.807, 2.05) is 0 Å². The van der Waals surface area contributed by atoms with Gasteiger partial charge in [0.1, 0.15) is 0 Å². The minimum absolute atomic E-state index is 0.284. The van der Waals surface area contributed by atoms with Crippen LogP contribution in [0.2, 0.25) is 0 Å². The van der Waals surface area contributed by atoms with Gasteiger partial charge in [0.15, 0.2) is 6.29 Å². The summed E-state index contributed by atoms with van der Waals surface area (Å²) in [5, 5.41) is 0. The molecule has 1 aliphatic heterocycles. The summed E-state index contributed by atoms with van der Waals surface area (Å²) in [6.07, 6.45) is -0.301. The molecule has 2 N–H and O–H groups in total. The number of nitrogens with zero attached hydrogens (tertiary/aromatic N) is 2. The van der Waals surface area contributed by atoms with E-state index >= 15 is 0 Å². The fourth-order valence-electron chi connectivity index (χ4n) is 2.80. The second kappa shape index (κ2) is 6.30. The molecule has 0 saturated carbocycles. The van der Waals surface area contributed by atoms with Crippen LogP contribution in [0.25, 0.3) is 0 Å². The molecule has 108 valence electrons. The van der Waals surface area contributed by atoms with E-state index in [-0.39, 0.29) is 11.8 Å². The molecule has 1 saturated heterocycles. The highest BCUT2D eigenvalue weighted by Gasteiger charge is 2.43. The molecule has 5 heteroatoms. The van der Waals surface area contributed by atoms with Crippen LogP contribution in [-0.2, 0) is 9.47 Å². The van der Waals surface area contributed by atoms with Gasteiger partial charge in [-0.1, -0.05) is 0 Å². The van der Waals surface area contributed by atoms with Crippen LogP contribution in [0.4, 0.5) is 0 Å². The highest BCUT2D eigenvalue weighted by molar-refractivity contribution is 4.96. The van der Waals surface area contributed by atoms with Crippen LogP contribution in [0.3, 0.4) is 0 Å². The van der Waals surface area contributed by atoms with E-state index in [0.29, 0.717) is 18.6 Å². The van der Waals surface area contributed by atoms with Gasteiger partial charge in [-0.2, -0.15) is 0 Å². The minimum atomic E-state index is -0.301. The maximum Gasteiger partial charge on any atom is 0.176 e. The van der Waals surface area contributed by atoms with Gasteiger partial charge in [-0.25, -0.2) is 0 Å². The number of rotatable bonds is 5. The quantitative estimate of drug-likeness (QED) is 0.722. The maximum absolute atomic E-state index is 6.00. The lowest BCUT2D eigenvalue weighted by molar-refractivity contribution is -0.190. The van der Waals surface area contributed by atoms with Crippen LogP contribution in [0, 0.1) is 0 Å². The summed E-state index contributed by atoms with van der Waals surface area (Å²) in [5.74, 6) is 0. The fourth-order valence-corrected chi connectivity index (χ4v) is 2.80. The Labute approximate surface area is 111 Å². The number of piperazine rings is 1. The van der Waals surface area contributed by atoms with Gasteiger partial charge in [0, 0.05) is 45.9 Å². The summed E-state index contributed by atoms with van der Waals surface area (Å²) < 4.78 is 10.9. The van der Waals surface area contributed by atoms with Crippen LogP contribution >= 0.6 is 0 Å². The third-order valence-corrected chi connectivity index (χ3v) is 4.43. The number of methoxy groups -OCH3 is 2. The van der Waals surface area contributed by atoms with E-state index in [2.05, 4.69) is 37.6 Å². The molecular weight excluding hydrogens is 230 g/mol. The zero-order chi connectivity index (χ0) is 13.9. The Bertz CT molecular complexity index is 249. The van der Waals surface area contributed by atoms with Crippen molar-refractivity contribution in [2.45, 2.75) is 44.7 Å². The summed E-state index contributed by atoms with van der Waals surface area (Å²) in [6, 6.07) is 1.02. The Morgan fingerprint density at radius 2 is 1.67 bits per heavy atom. The van der Waals surface area contributed by atoms with Gasteiger partial charge in [-0.15, -0.1) is 0 Å². The van der Waals surface area contributed by atoms with E-state index in [9.17, 15) is 0 Å². The molecule has 1 heterocycles. The molecule has 0 aromatic carbocycles. The first-order valence-corrected chi connectivity index (χ1v) is 6.63. The van der Waals surface area contributed by atoms with Crippen molar-refractivity contribution in [2.75, 3.05) is 40.9 Å². The molecule has 3 atom stereocenters. The van der Waals surface area contributed by atoms with Crippen molar-refractivity contribution in [1.29, 1.82) is 0 Å². The van der Waals surface area contributed by atoms with Crippen molar-refractivity contribution in [3.05, 3.63) is 0 Å². The predicted molar refractivity (Wildman–Crippen MR) is 73.5 cm³/mol. The third-order valence-electron chi connectivity index (χ3n) is 4.43. The number of hydrogen-bond donors (Lipinski definition) is 1. The molecule has 1 aliphatic rings. The van der Waals surface area contributed by atoms with Gasteiger partial charge >= 0.3 is 0 Å². The van der Waals surface area contributed by atoms with Crippen molar-refractivity contribution in [3.63, 3.8) is 0 Å². The fraction of sp³-hybridized carbons (Fsp3) is 1.00. The van der Waals surface area contributed by atoms with Crippen molar-refractivity contribution in [2.24, 2.45) is 5.73 Å². The van der Waals surface area contributed by atoms with Gasteiger partial charge in [0.05, 0.1) is 5.54 Å². The Kier molecular flexibility index (Phi) is 5.55. The molecule has 0 aromatic heterocycles. The molecule has 0 aromatic rings. The van der Waals surface area contributed by atoms with Crippen LogP contribution < -0.4 is 5.73 Å². The molecule has 0 aliphatic carbocycles. The molecule has 0 amide bonds. The number of likely N-dealkylation sites (N-methyl/N-ethyl adjacent to an activating group) is 1. The molecule has 5 nitrogen and oxygen atoms in total. The van der Waals surface area contributed by atoms with E-state index in [1.165, 1.54) is 0 Å². The van der Waals surface area contributed by atoms with Gasteiger partial charge in [0.2, 0.25) is 0 Å². The molecule has 0 bridgehead atoms. The molecule has 3 unspecified atom stereocenters. The summed E-state index contributed by atoms with van der Waals surface area (Å²) >= 11 is 0. The largest absolute Gasteiger partial charge is 0.354 e. The van der Waals surface area contributed by atoms with Gasteiger partial charge < -0.3 is 15.2 Å². The summed E-state index contributed by atoms with van der Waals surface area (Å²) in [7, 11) is 5.52. The zero-order valence-electron chi connectivity index (χ0n) is 12.6.